The van der Waals surface area contributed by atoms with Gasteiger partial charge in [0.05, 0.1) is 17.7 Å². The Bertz CT molecular complexity index is 343. The highest BCUT2D eigenvalue weighted by atomic mass is 79.9. The molecule has 0 unspecified atom stereocenters. The van der Waals surface area contributed by atoms with Crippen molar-refractivity contribution in [2.75, 3.05) is 13.2 Å². The Balaban J connectivity index is 0.000000325. The van der Waals surface area contributed by atoms with Crippen LogP contribution >= 0.6 is 47.8 Å². The van der Waals surface area contributed by atoms with Crippen LogP contribution in [0.15, 0.2) is 50.9 Å². The Labute approximate surface area is 127 Å². The molecule has 1 rings (SSSR count). The van der Waals surface area contributed by atoms with Crippen LogP contribution < -0.4 is 0 Å². The zero-order valence-electron chi connectivity index (χ0n) is 9.13. The van der Waals surface area contributed by atoms with E-state index in [0.717, 1.165) is 8.95 Å². The standard InChI is InChI=1S/C6H3Br3O.C6H10O/c7-3-1-2-4(10)6(9)5(3)8;1-3-5-7-6-4-2/h1-2,10H;3-4H,1-2,5-6H2. The number of rotatable bonds is 4. The molecule has 94 valence electrons. The number of halogens is 3. The normalized spacial score (nSPS) is 9.12. The van der Waals surface area contributed by atoms with Gasteiger partial charge in [0.15, 0.2) is 0 Å². The molecule has 0 saturated carbocycles. The summed E-state index contributed by atoms with van der Waals surface area (Å²) >= 11 is 9.77. The molecule has 1 aromatic carbocycles. The number of benzene rings is 1. The lowest BCUT2D eigenvalue weighted by molar-refractivity contribution is 0.194. The largest absolute Gasteiger partial charge is 0.507 e. The van der Waals surface area contributed by atoms with Crippen LogP contribution in [0.25, 0.3) is 0 Å². The maximum Gasteiger partial charge on any atom is 0.130 e. The summed E-state index contributed by atoms with van der Waals surface area (Å²) < 4.78 is 7.30. The fourth-order valence-electron chi connectivity index (χ4n) is 0.750. The molecule has 17 heavy (non-hydrogen) atoms. The summed E-state index contributed by atoms with van der Waals surface area (Å²) in [5.41, 5.74) is 0. The minimum Gasteiger partial charge on any atom is -0.507 e. The second-order valence-corrected chi connectivity index (χ2v) is 5.25. The van der Waals surface area contributed by atoms with Crippen LogP contribution in [-0.4, -0.2) is 18.3 Å². The Hall–Kier alpha value is -0.1000. The van der Waals surface area contributed by atoms with Gasteiger partial charge < -0.3 is 9.84 Å². The predicted molar refractivity (Wildman–Crippen MR) is 82.4 cm³/mol. The third-order valence-electron chi connectivity index (χ3n) is 1.49. The zero-order chi connectivity index (χ0) is 13.3. The number of hydrogen-bond donors (Lipinski definition) is 1. The molecular weight excluding hydrogens is 416 g/mol. The third-order valence-corrected chi connectivity index (χ3v) is 4.84. The molecule has 1 N–H and O–H groups in total. The molecule has 0 spiro atoms. The molecule has 0 amide bonds. The van der Waals surface area contributed by atoms with E-state index >= 15 is 0 Å². The van der Waals surface area contributed by atoms with Crippen molar-refractivity contribution in [3.8, 4) is 5.75 Å². The lowest BCUT2D eigenvalue weighted by atomic mass is 10.3. The fraction of sp³-hybridized carbons (Fsp3) is 0.167. The van der Waals surface area contributed by atoms with E-state index in [1.165, 1.54) is 0 Å². The molecule has 0 radical (unpaired) electrons. The van der Waals surface area contributed by atoms with Gasteiger partial charge in [-0.05, 0) is 59.9 Å². The predicted octanol–water partition coefficient (Wildman–Crippen LogP) is 5.05. The van der Waals surface area contributed by atoms with E-state index in [2.05, 4.69) is 60.9 Å². The topological polar surface area (TPSA) is 29.5 Å². The number of hydrogen-bond acceptors (Lipinski definition) is 2. The van der Waals surface area contributed by atoms with Crippen LogP contribution in [0.2, 0.25) is 0 Å². The second kappa shape index (κ2) is 9.88. The van der Waals surface area contributed by atoms with Gasteiger partial charge in [0.25, 0.3) is 0 Å². The fourth-order valence-corrected chi connectivity index (χ4v) is 2.03. The quantitative estimate of drug-likeness (QED) is 0.413. The van der Waals surface area contributed by atoms with E-state index < -0.39 is 0 Å². The molecule has 0 bridgehead atoms. The van der Waals surface area contributed by atoms with Gasteiger partial charge in [-0.15, -0.1) is 13.2 Å². The van der Waals surface area contributed by atoms with Crippen LogP contribution in [0, 0.1) is 0 Å². The number of ether oxygens (including phenoxy) is 1. The van der Waals surface area contributed by atoms with Crippen molar-refractivity contribution in [1.82, 2.24) is 0 Å². The van der Waals surface area contributed by atoms with Crippen molar-refractivity contribution < 1.29 is 9.84 Å². The monoisotopic (exact) mass is 426 g/mol. The van der Waals surface area contributed by atoms with Gasteiger partial charge in [-0.1, -0.05) is 12.2 Å². The van der Waals surface area contributed by atoms with Crippen LogP contribution in [0.3, 0.4) is 0 Å². The first-order valence-corrected chi connectivity index (χ1v) is 7.04. The summed E-state index contributed by atoms with van der Waals surface area (Å²) in [4.78, 5) is 0. The van der Waals surface area contributed by atoms with Gasteiger partial charge in [0, 0.05) is 8.95 Å². The van der Waals surface area contributed by atoms with E-state index in [1.54, 1.807) is 24.3 Å². The van der Waals surface area contributed by atoms with E-state index in [4.69, 9.17) is 9.84 Å². The molecule has 0 aromatic heterocycles. The first kappa shape index (κ1) is 16.9. The highest BCUT2D eigenvalue weighted by Gasteiger charge is 2.04. The number of phenols is 1. The van der Waals surface area contributed by atoms with Gasteiger partial charge >= 0.3 is 0 Å². The minimum atomic E-state index is 0.232. The Morgan fingerprint density at radius 2 is 1.59 bits per heavy atom. The molecule has 0 fully saturated rings. The van der Waals surface area contributed by atoms with Crippen molar-refractivity contribution in [1.29, 1.82) is 0 Å². The van der Waals surface area contributed by atoms with Crippen molar-refractivity contribution in [2.45, 2.75) is 0 Å². The Kier molecular flexibility index (Phi) is 9.82. The number of phenolic OH excluding ortho intramolecular Hbond substituents is 1. The maximum absolute atomic E-state index is 9.13. The summed E-state index contributed by atoms with van der Waals surface area (Å²) in [6, 6.07) is 3.38. The smallest absolute Gasteiger partial charge is 0.130 e. The molecule has 0 saturated heterocycles. The molecule has 2 nitrogen and oxygen atoms in total. The molecule has 0 heterocycles. The Morgan fingerprint density at radius 1 is 1.06 bits per heavy atom. The van der Waals surface area contributed by atoms with E-state index in [-0.39, 0.29) is 5.75 Å². The van der Waals surface area contributed by atoms with Crippen molar-refractivity contribution in [2.24, 2.45) is 0 Å². The summed E-state index contributed by atoms with van der Waals surface area (Å²) in [5.74, 6) is 0.232. The first-order chi connectivity index (χ1) is 8.04. The molecule has 0 aliphatic carbocycles. The van der Waals surface area contributed by atoms with Crippen LogP contribution in [0.5, 0.6) is 5.75 Å². The summed E-state index contributed by atoms with van der Waals surface area (Å²) in [5, 5.41) is 9.13. The van der Waals surface area contributed by atoms with Crippen LogP contribution in [0.4, 0.5) is 0 Å². The van der Waals surface area contributed by atoms with E-state index in [9.17, 15) is 0 Å². The Morgan fingerprint density at radius 3 is 2.00 bits per heavy atom. The maximum atomic E-state index is 9.13. The lowest BCUT2D eigenvalue weighted by Gasteiger charge is -2.00. The summed E-state index contributed by atoms with van der Waals surface area (Å²) in [7, 11) is 0. The number of aromatic hydroxyl groups is 1. The van der Waals surface area contributed by atoms with Crippen molar-refractivity contribution in [3.63, 3.8) is 0 Å². The van der Waals surface area contributed by atoms with Gasteiger partial charge in [-0.25, -0.2) is 0 Å². The molecule has 0 aliphatic rings. The SMILES string of the molecule is C=CCOCC=C.Oc1ccc(Br)c(Br)c1Br. The molecule has 5 heteroatoms. The first-order valence-electron chi connectivity index (χ1n) is 4.66. The van der Waals surface area contributed by atoms with E-state index in [0.29, 0.717) is 17.7 Å². The van der Waals surface area contributed by atoms with Crippen molar-refractivity contribution in [3.05, 3.63) is 50.9 Å². The second-order valence-electron chi connectivity index (χ2n) is 2.81. The summed E-state index contributed by atoms with van der Waals surface area (Å²) in [6.45, 7) is 8.18. The average Bonchev–Trinajstić information content (AvgIpc) is 2.33. The van der Waals surface area contributed by atoms with Gasteiger partial charge in [-0.3, -0.25) is 0 Å². The minimum absolute atomic E-state index is 0.232. The average molecular weight is 429 g/mol. The van der Waals surface area contributed by atoms with Crippen LogP contribution in [0.1, 0.15) is 0 Å². The highest BCUT2D eigenvalue weighted by molar-refractivity contribution is 9.14. The van der Waals surface area contributed by atoms with Gasteiger partial charge in [0.1, 0.15) is 5.75 Å². The van der Waals surface area contributed by atoms with Gasteiger partial charge in [0.2, 0.25) is 0 Å². The summed E-state index contributed by atoms with van der Waals surface area (Å²) in [6.07, 6.45) is 3.42. The lowest BCUT2D eigenvalue weighted by Crippen LogP contribution is -1.87. The molecule has 0 atom stereocenters. The molecule has 1 aromatic rings. The van der Waals surface area contributed by atoms with Crippen molar-refractivity contribution >= 4 is 47.8 Å². The molecule has 0 aliphatic heterocycles. The highest BCUT2D eigenvalue weighted by Crippen LogP contribution is 2.36. The zero-order valence-corrected chi connectivity index (χ0v) is 13.9. The third kappa shape index (κ3) is 7.03. The van der Waals surface area contributed by atoms with Crippen LogP contribution in [-0.2, 0) is 4.74 Å². The molecular formula is C12H13Br3O2. The van der Waals surface area contributed by atoms with Gasteiger partial charge in [-0.2, -0.15) is 0 Å². The van der Waals surface area contributed by atoms with E-state index in [1.807, 2.05) is 0 Å².